The van der Waals surface area contributed by atoms with E-state index in [2.05, 4.69) is 15.2 Å². The van der Waals surface area contributed by atoms with Crippen LogP contribution in [0.3, 0.4) is 0 Å². The number of rotatable bonds is 7. The molecular formula is C25H24Cl2N4O2. The lowest BCUT2D eigenvalue weighted by molar-refractivity contribution is 0.102. The number of anilines is 2. The Hall–Kier alpha value is -3.06. The number of hydrogen-bond acceptors (Lipinski definition) is 5. The van der Waals surface area contributed by atoms with E-state index in [1.54, 1.807) is 30.3 Å². The molecule has 6 nitrogen and oxygen atoms in total. The van der Waals surface area contributed by atoms with Crippen LogP contribution in [0.25, 0.3) is 22.2 Å². The molecule has 0 saturated heterocycles. The molecule has 3 aromatic carbocycles. The molecule has 4 rings (SSSR count). The van der Waals surface area contributed by atoms with E-state index in [1.807, 2.05) is 56.4 Å². The van der Waals surface area contributed by atoms with Gasteiger partial charge >= 0.3 is 0 Å². The van der Waals surface area contributed by atoms with Crippen LogP contribution in [0.15, 0.2) is 65.1 Å². The van der Waals surface area contributed by atoms with Gasteiger partial charge in [0.15, 0.2) is 5.58 Å². The van der Waals surface area contributed by atoms with Gasteiger partial charge in [-0.05, 0) is 62.1 Å². The molecule has 170 valence electrons. The Bertz CT molecular complexity index is 1290. The number of oxazole rings is 1. The third-order valence-corrected chi connectivity index (χ3v) is 5.78. The maximum absolute atomic E-state index is 12.8. The van der Waals surface area contributed by atoms with E-state index in [0.717, 1.165) is 24.2 Å². The number of benzene rings is 3. The lowest BCUT2D eigenvalue weighted by Crippen LogP contribution is -2.28. The first kappa shape index (κ1) is 23.1. The van der Waals surface area contributed by atoms with Crippen LogP contribution >= 0.6 is 23.2 Å². The first-order valence-corrected chi connectivity index (χ1v) is 11.2. The number of hydrogen-bond donors (Lipinski definition) is 1. The minimum absolute atomic E-state index is 0.213. The molecule has 0 saturated carbocycles. The van der Waals surface area contributed by atoms with Crippen LogP contribution in [0, 0.1) is 0 Å². The summed E-state index contributed by atoms with van der Waals surface area (Å²) in [6, 6.07) is 18.6. The fourth-order valence-corrected chi connectivity index (χ4v) is 3.85. The van der Waals surface area contributed by atoms with Gasteiger partial charge in [-0.1, -0.05) is 41.4 Å². The van der Waals surface area contributed by atoms with Gasteiger partial charge < -0.3 is 19.5 Å². The van der Waals surface area contributed by atoms with Crippen molar-refractivity contribution in [2.24, 2.45) is 0 Å². The Morgan fingerprint density at radius 3 is 2.42 bits per heavy atom. The number of amides is 1. The predicted octanol–water partition coefficient (Wildman–Crippen LogP) is 6.05. The molecule has 0 bridgehead atoms. The second-order valence-corrected chi connectivity index (χ2v) is 8.90. The summed E-state index contributed by atoms with van der Waals surface area (Å²) in [6.07, 6.45) is 0. The molecule has 8 heteroatoms. The highest BCUT2D eigenvalue weighted by Gasteiger charge is 2.13. The number of halogens is 2. The third-order valence-electron chi connectivity index (χ3n) is 5.23. The van der Waals surface area contributed by atoms with Crippen molar-refractivity contribution in [2.75, 3.05) is 44.4 Å². The monoisotopic (exact) mass is 482 g/mol. The van der Waals surface area contributed by atoms with Crippen molar-refractivity contribution >= 4 is 51.9 Å². The number of carbonyl (C=O) groups excluding carboxylic acids is 1. The molecule has 0 unspecified atom stereocenters. The zero-order valence-electron chi connectivity index (χ0n) is 18.6. The number of aromatic nitrogens is 1. The van der Waals surface area contributed by atoms with Crippen molar-refractivity contribution in [1.29, 1.82) is 0 Å². The first-order valence-electron chi connectivity index (χ1n) is 10.4. The quantitative estimate of drug-likeness (QED) is 0.347. The van der Waals surface area contributed by atoms with E-state index >= 15 is 0 Å². The molecule has 1 N–H and O–H groups in total. The maximum atomic E-state index is 12.8. The number of fused-ring (bicyclic) bond motifs is 1. The number of nitrogens with zero attached hydrogens (tertiary/aromatic N) is 3. The highest BCUT2D eigenvalue weighted by Crippen LogP contribution is 2.30. The smallest absolute Gasteiger partial charge is 0.298 e. The van der Waals surface area contributed by atoms with Crippen molar-refractivity contribution < 1.29 is 9.21 Å². The van der Waals surface area contributed by atoms with E-state index in [4.69, 9.17) is 27.6 Å². The molecule has 4 aromatic rings. The van der Waals surface area contributed by atoms with Crippen molar-refractivity contribution in [3.8, 4) is 11.1 Å². The van der Waals surface area contributed by atoms with Crippen LogP contribution in [-0.4, -0.2) is 50.0 Å². The molecule has 0 radical (unpaired) electrons. The highest BCUT2D eigenvalue weighted by atomic mass is 35.5. The van der Waals surface area contributed by atoms with Gasteiger partial charge in [-0.25, -0.2) is 0 Å². The average Bonchev–Trinajstić information content (AvgIpc) is 3.21. The molecule has 0 fully saturated rings. The molecule has 0 aliphatic carbocycles. The van der Waals surface area contributed by atoms with Crippen molar-refractivity contribution in [1.82, 2.24) is 9.88 Å². The number of nitrogens with one attached hydrogen (secondary N) is 1. The summed E-state index contributed by atoms with van der Waals surface area (Å²) < 4.78 is 5.84. The predicted molar refractivity (Wildman–Crippen MR) is 136 cm³/mol. The fourth-order valence-electron chi connectivity index (χ4n) is 3.33. The maximum Gasteiger partial charge on any atom is 0.298 e. The zero-order valence-corrected chi connectivity index (χ0v) is 20.1. The molecule has 33 heavy (non-hydrogen) atoms. The Balaban J connectivity index is 1.47. The van der Waals surface area contributed by atoms with Crippen LogP contribution in [0.2, 0.25) is 10.0 Å². The molecule has 1 amide bonds. The minimum atomic E-state index is -0.213. The second-order valence-electron chi connectivity index (χ2n) is 8.06. The second kappa shape index (κ2) is 9.83. The Morgan fingerprint density at radius 2 is 1.73 bits per heavy atom. The lowest BCUT2D eigenvalue weighted by Gasteiger charge is -2.17. The first-order chi connectivity index (χ1) is 15.8. The molecule has 0 aliphatic rings. The highest BCUT2D eigenvalue weighted by molar-refractivity contribution is 6.36. The van der Waals surface area contributed by atoms with Gasteiger partial charge in [-0.15, -0.1) is 0 Å². The number of likely N-dealkylation sites (N-methyl/N-ethyl adjacent to an activating group) is 2. The van der Waals surface area contributed by atoms with E-state index < -0.39 is 0 Å². The van der Waals surface area contributed by atoms with E-state index in [9.17, 15) is 4.79 Å². The van der Waals surface area contributed by atoms with Gasteiger partial charge in [-0.2, -0.15) is 4.98 Å². The third kappa shape index (κ3) is 5.47. The van der Waals surface area contributed by atoms with E-state index in [1.165, 1.54) is 0 Å². The molecule has 0 atom stereocenters. The average molecular weight is 483 g/mol. The van der Waals surface area contributed by atoms with Crippen LogP contribution in [0.4, 0.5) is 11.7 Å². The largest absolute Gasteiger partial charge is 0.423 e. The van der Waals surface area contributed by atoms with Gasteiger partial charge in [0, 0.05) is 47.0 Å². The topological polar surface area (TPSA) is 61.6 Å². The summed E-state index contributed by atoms with van der Waals surface area (Å²) in [6.45, 7) is 1.68. The summed E-state index contributed by atoms with van der Waals surface area (Å²) in [5.41, 5.74) is 4.30. The summed E-state index contributed by atoms with van der Waals surface area (Å²) in [7, 11) is 5.99. The zero-order chi connectivity index (χ0) is 23.5. The molecule has 0 aliphatic heterocycles. The van der Waals surface area contributed by atoms with E-state index in [-0.39, 0.29) is 5.91 Å². The Labute approximate surface area is 202 Å². The summed E-state index contributed by atoms with van der Waals surface area (Å²) in [4.78, 5) is 21.4. The normalized spacial score (nSPS) is 11.2. The van der Waals surface area contributed by atoms with E-state index in [0.29, 0.717) is 38.4 Å². The van der Waals surface area contributed by atoms with Gasteiger partial charge in [-0.3, -0.25) is 4.79 Å². The van der Waals surface area contributed by atoms with Crippen LogP contribution in [0.5, 0.6) is 0 Å². The Kier molecular flexibility index (Phi) is 6.88. The van der Waals surface area contributed by atoms with Crippen molar-refractivity contribution in [2.45, 2.75) is 0 Å². The van der Waals surface area contributed by atoms with Crippen LogP contribution in [-0.2, 0) is 0 Å². The van der Waals surface area contributed by atoms with Gasteiger partial charge in [0.2, 0.25) is 0 Å². The summed E-state index contributed by atoms with van der Waals surface area (Å²) >= 11 is 12.3. The lowest BCUT2D eigenvalue weighted by atomic mass is 10.0. The van der Waals surface area contributed by atoms with Gasteiger partial charge in [0.05, 0.1) is 0 Å². The molecular weight excluding hydrogens is 459 g/mol. The van der Waals surface area contributed by atoms with Crippen molar-refractivity contribution in [3.63, 3.8) is 0 Å². The van der Waals surface area contributed by atoms with Gasteiger partial charge in [0.1, 0.15) is 5.52 Å². The van der Waals surface area contributed by atoms with Crippen molar-refractivity contribution in [3.05, 3.63) is 76.3 Å². The minimum Gasteiger partial charge on any atom is -0.423 e. The van der Waals surface area contributed by atoms with Gasteiger partial charge in [0.25, 0.3) is 11.9 Å². The fraction of sp³-hybridized carbons (Fsp3) is 0.200. The summed E-state index contributed by atoms with van der Waals surface area (Å²) in [5, 5.41) is 4.06. The standard InChI is InChI=1S/C25H24Cl2N4O2/c1-30(2)12-13-31(3)25-29-22-15-19(9-11-23(22)33-25)28-24(32)17-6-4-16(5-7-17)20-10-8-18(26)14-21(20)27/h4-11,14-15H,12-13H2,1-3H3,(H,28,32). The molecule has 0 spiro atoms. The molecule has 1 aromatic heterocycles. The number of carbonyl (C=O) groups is 1. The molecule has 1 heterocycles. The summed E-state index contributed by atoms with van der Waals surface area (Å²) in [5.74, 6) is -0.213. The van der Waals surface area contributed by atoms with Crippen LogP contribution in [0.1, 0.15) is 10.4 Å². The van der Waals surface area contributed by atoms with Crippen LogP contribution < -0.4 is 10.2 Å². The Morgan fingerprint density at radius 1 is 0.970 bits per heavy atom. The SMILES string of the molecule is CN(C)CCN(C)c1nc2cc(NC(=O)c3ccc(-c4ccc(Cl)cc4Cl)cc3)ccc2o1.